The van der Waals surface area contributed by atoms with Crippen LogP contribution in [-0.2, 0) is 9.53 Å². The van der Waals surface area contributed by atoms with Gasteiger partial charge in [-0.1, -0.05) is 0 Å². The Labute approximate surface area is 139 Å². The summed E-state index contributed by atoms with van der Waals surface area (Å²) < 4.78 is 12.2. The zero-order valence-corrected chi connectivity index (χ0v) is 14.3. The monoisotopic (exact) mass is 403 g/mol. The highest BCUT2D eigenvalue weighted by atomic mass is 127. The van der Waals surface area contributed by atoms with Crippen molar-refractivity contribution in [2.45, 2.75) is 25.7 Å². The fourth-order valence-corrected chi connectivity index (χ4v) is 2.20. The third kappa shape index (κ3) is 7.66. The maximum Gasteiger partial charge on any atom is 0.220 e. The molecule has 1 aromatic carbocycles. The highest BCUT2D eigenvalue weighted by Gasteiger charge is 2.20. The molecule has 1 aromatic rings. The molecule has 0 aliphatic heterocycles. The van der Waals surface area contributed by atoms with Gasteiger partial charge in [0.2, 0.25) is 5.91 Å². The molecule has 1 N–H and O–H groups in total. The van der Waals surface area contributed by atoms with Gasteiger partial charge in [-0.3, -0.25) is 4.79 Å². The topological polar surface area (TPSA) is 47.6 Å². The largest absolute Gasteiger partial charge is 0.494 e. The van der Waals surface area contributed by atoms with Gasteiger partial charge in [0.1, 0.15) is 5.75 Å². The van der Waals surface area contributed by atoms with E-state index in [4.69, 9.17) is 9.47 Å². The fourth-order valence-electron chi connectivity index (χ4n) is 1.84. The van der Waals surface area contributed by atoms with E-state index in [1.54, 1.807) is 0 Å². The first kappa shape index (κ1) is 16.5. The van der Waals surface area contributed by atoms with Crippen LogP contribution < -0.4 is 10.1 Å². The lowest BCUT2D eigenvalue weighted by Crippen LogP contribution is -2.27. The molecule has 1 fully saturated rings. The van der Waals surface area contributed by atoms with Crippen molar-refractivity contribution >= 4 is 28.5 Å². The first-order chi connectivity index (χ1) is 10.2. The maximum atomic E-state index is 11.6. The van der Waals surface area contributed by atoms with E-state index >= 15 is 0 Å². The third-order valence-electron chi connectivity index (χ3n) is 3.25. The predicted molar refractivity (Wildman–Crippen MR) is 90.4 cm³/mol. The van der Waals surface area contributed by atoms with Crippen LogP contribution in [0, 0.1) is 9.49 Å². The summed E-state index contributed by atoms with van der Waals surface area (Å²) in [7, 11) is 0. The second-order valence-electron chi connectivity index (χ2n) is 5.27. The first-order valence-electron chi connectivity index (χ1n) is 7.47. The molecule has 2 rings (SSSR count). The highest BCUT2D eigenvalue weighted by Crippen LogP contribution is 2.28. The first-order valence-corrected chi connectivity index (χ1v) is 8.55. The van der Waals surface area contributed by atoms with Gasteiger partial charge in [-0.15, -0.1) is 0 Å². The third-order valence-corrected chi connectivity index (χ3v) is 3.97. The minimum absolute atomic E-state index is 0.0660. The van der Waals surface area contributed by atoms with Crippen molar-refractivity contribution < 1.29 is 14.3 Å². The van der Waals surface area contributed by atoms with Crippen LogP contribution in [0.5, 0.6) is 5.75 Å². The molecule has 21 heavy (non-hydrogen) atoms. The molecule has 1 aliphatic rings. The van der Waals surface area contributed by atoms with E-state index in [1.807, 2.05) is 24.3 Å². The van der Waals surface area contributed by atoms with E-state index in [2.05, 4.69) is 27.9 Å². The minimum atomic E-state index is 0.0660. The summed E-state index contributed by atoms with van der Waals surface area (Å²) in [5.41, 5.74) is 0. The van der Waals surface area contributed by atoms with E-state index in [0.29, 0.717) is 26.2 Å². The number of amides is 1. The second kappa shape index (κ2) is 9.25. The van der Waals surface area contributed by atoms with Crippen LogP contribution >= 0.6 is 22.6 Å². The number of rotatable bonds is 10. The van der Waals surface area contributed by atoms with Crippen molar-refractivity contribution in [1.82, 2.24) is 5.32 Å². The number of hydrogen-bond acceptors (Lipinski definition) is 3. The number of carbonyl (C=O) groups is 1. The number of carbonyl (C=O) groups excluding carboxylic acids is 1. The predicted octanol–water partition coefficient (Wildman–Crippen LogP) is 2.99. The molecular weight excluding hydrogens is 381 g/mol. The Morgan fingerprint density at radius 3 is 2.71 bits per heavy atom. The van der Waals surface area contributed by atoms with Crippen LogP contribution in [-0.4, -0.2) is 32.3 Å². The number of nitrogens with one attached hydrogen (secondary N) is 1. The van der Waals surface area contributed by atoms with Crippen LogP contribution in [0.4, 0.5) is 0 Å². The molecule has 0 saturated heterocycles. The molecule has 116 valence electrons. The highest BCUT2D eigenvalue weighted by molar-refractivity contribution is 14.1. The molecule has 0 atom stereocenters. The molecule has 0 heterocycles. The van der Waals surface area contributed by atoms with Gasteiger partial charge >= 0.3 is 0 Å². The number of halogens is 1. The number of hydrogen-bond donors (Lipinski definition) is 1. The molecule has 1 aliphatic carbocycles. The Hall–Kier alpha value is -0.820. The fraction of sp³-hybridized carbons (Fsp3) is 0.562. The standard InChI is InChI=1S/C16H22INO3/c17-14-5-7-15(8-6-14)21-10-1-2-16(19)18-9-11-20-12-13-3-4-13/h5-8,13H,1-4,9-12H2,(H,18,19). The Kier molecular flexibility index (Phi) is 7.29. The van der Waals surface area contributed by atoms with Crippen LogP contribution in [0.1, 0.15) is 25.7 Å². The van der Waals surface area contributed by atoms with Crippen LogP contribution in [0.2, 0.25) is 0 Å². The molecule has 0 bridgehead atoms. The van der Waals surface area contributed by atoms with E-state index in [1.165, 1.54) is 16.4 Å². The van der Waals surface area contributed by atoms with Gasteiger partial charge in [-0.25, -0.2) is 0 Å². The van der Waals surface area contributed by atoms with Gasteiger partial charge in [0.05, 0.1) is 13.2 Å². The number of benzene rings is 1. The molecule has 5 heteroatoms. The summed E-state index contributed by atoms with van der Waals surface area (Å²) in [6, 6.07) is 7.90. The van der Waals surface area contributed by atoms with Crippen molar-refractivity contribution in [3.8, 4) is 5.75 Å². The van der Waals surface area contributed by atoms with Gasteiger partial charge in [0.15, 0.2) is 0 Å². The lowest BCUT2D eigenvalue weighted by molar-refractivity contribution is -0.121. The van der Waals surface area contributed by atoms with Crippen molar-refractivity contribution in [2.75, 3.05) is 26.4 Å². The van der Waals surface area contributed by atoms with E-state index in [-0.39, 0.29) is 5.91 Å². The molecule has 1 amide bonds. The maximum absolute atomic E-state index is 11.6. The van der Waals surface area contributed by atoms with Crippen LogP contribution in [0.3, 0.4) is 0 Å². The van der Waals surface area contributed by atoms with Gasteiger partial charge in [0.25, 0.3) is 0 Å². The summed E-state index contributed by atoms with van der Waals surface area (Å²) in [4.78, 5) is 11.6. The molecule has 0 aromatic heterocycles. The van der Waals surface area contributed by atoms with Gasteiger partial charge < -0.3 is 14.8 Å². The summed E-state index contributed by atoms with van der Waals surface area (Å²) in [5, 5.41) is 2.86. The molecule has 4 nitrogen and oxygen atoms in total. The molecular formula is C16H22INO3. The zero-order valence-electron chi connectivity index (χ0n) is 12.1. The summed E-state index contributed by atoms with van der Waals surface area (Å²) in [6.07, 6.45) is 3.81. The second-order valence-corrected chi connectivity index (χ2v) is 6.52. The van der Waals surface area contributed by atoms with E-state index in [0.717, 1.165) is 24.7 Å². The lowest BCUT2D eigenvalue weighted by atomic mass is 10.3. The average molecular weight is 403 g/mol. The smallest absolute Gasteiger partial charge is 0.220 e. The summed E-state index contributed by atoms with van der Waals surface area (Å²) >= 11 is 2.26. The Morgan fingerprint density at radius 1 is 1.24 bits per heavy atom. The van der Waals surface area contributed by atoms with Crippen LogP contribution in [0.15, 0.2) is 24.3 Å². The number of ether oxygens (including phenoxy) is 2. The van der Waals surface area contributed by atoms with E-state index in [9.17, 15) is 4.79 Å². The van der Waals surface area contributed by atoms with Gasteiger partial charge in [-0.05, 0) is 72.0 Å². The normalized spacial score (nSPS) is 14.0. The van der Waals surface area contributed by atoms with Crippen molar-refractivity contribution in [3.63, 3.8) is 0 Å². The zero-order chi connectivity index (χ0) is 14.9. The Bertz CT molecular complexity index is 432. The minimum Gasteiger partial charge on any atom is -0.494 e. The van der Waals surface area contributed by atoms with Crippen molar-refractivity contribution in [3.05, 3.63) is 27.8 Å². The molecule has 0 radical (unpaired) electrons. The molecule has 0 unspecified atom stereocenters. The van der Waals surface area contributed by atoms with E-state index < -0.39 is 0 Å². The molecule has 1 saturated carbocycles. The van der Waals surface area contributed by atoms with Crippen molar-refractivity contribution in [2.24, 2.45) is 5.92 Å². The van der Waals surface area contributed by atoms with Crippen LogP contribution in [0.25, 0.3) is 0 Å². The van der Waals surface area contributed by atoms with Crippen molar-refractivity contribution in [1.29, 1.82) is 0 Å². The Morgan fingerprint density at radius 2 is 2.00 bits per heavy atom. The van der Waals surface area contributed by atoms with Gasteiger partial charge in [0, 0.05) is 23.1 Å². The quantitative estimate of drug-likeness (QED) is 0.483. The summed E-state index contributed by atoms with van der Waals surface area (Å²) in [6.45, 7) is 2.62. The van der Waals surface area contributed by atoms with Gasteiger partial charge in [-0.2, -0.15) is 0 Å². The summed E-state index contributed by atoms with van der Waals surface area (Å²) in [5.74, 6) is 1.69. The molecule has 0 spiro atoms. The SMILES string of the molecule is O=C(CCCOc1ccc(I)cc1)NCCOCC1CC1. The average Bonchev–Trinajstić information content (AvgIpc) is 3.29. The Balaban J connectivity index is 1.43. The lowest BCUT2D eigenvalue weighted by Gasteiger charge is -2.07.